The second-order valence-corrected chi connectivity index (χ2v) is 8.42. The van der Waals surface area contributed by atoms with Crippen LogP contribution in [0.3, 0.4) is 0 Å². The number of hydrogen-bond donors (Lipinski definition) is 1. The van der Waals surface area contributed by atoms with Gasteiger partial charge in [-0.15, -0.1) is 11.3 Å². The quantitative estimate of drug-likeness (QED) is 0.906. The molecule has 1 fully saturated rings. The van der Waals surface area contributed by atoms with Gasteiger partial charge in [0.2, 0.25) is 0 Å². The lowest BCUT2D eigenvalue weighted by Gasteiger charge is -2.42. The van der Waals surface area contributed by atoms with Gasteiger partial charge in [-0.2, -0.15) is 0 Å². The van der Waals surface area contributed by atoms with Crippen molar-refractivity contribution in [1.82, 2.24) is 4.90 Å². The van der Waals surface area contributed by atoms with Gasteiger partial charge in [0.15, 0.2) is 0 Å². The molecule has 1 aromatic rings. The largest absolute Gasteiger partial charge is 0.329 e. The van der Waals surface area contributed by atoms with Crippen LogP contribution in [-0.4, -0.2) is 24.0 Å². The molecule has 2 nitrogen and oxygen atoms in total. The Balaban J connectivity index is 2.21. The van der Waals surface area contributed by atoms with Gasteiger partial charge in [-0.1, -0.05) is 27.7 Å². The highest BCUT2D eigenvalue weighted by Crippen LogP contribution is 2.37. The fourth-order valence-corrected chi connectivity index (χ4v) is 4.36. The molecular formula is C17H30N2S. The summed E-state index contributed by atoms with van der Waals surface area (Å²) in [5, 5.41) is 0. The van der Waals surface area contributed by atoms with E-state index in [2.05, 4.69) is 51.7 Å². The lowest BCUT2D eigenvalue weighted by atomic mass is 9.90. The highest BCUT2D eigenvalue weighted by Gasteiger charge is 2.31. The van der Waals surface area contributed by atoms with Crippen LogP contribution in [0.5, 0.6) is 0 Å². The Morgan fingerprint density at radius 2 is 2.05 bits per heavy atom. The first-order chi connectivity index (χ1) is 9.34. The summed E-state index contributed by atoms with van der Waals surface area (Å²) in [4.78, 5) is 5.54. The van der Waals surface area contributed by atoms with Crippen LogP contribution >= 0.6 is 11.3 Å². The van der Waals surface area contributed by atoms with Crippen molar-refractivity contribution in [3.05, 3.63) is 21.9 Å². The maximum atomic E-state index is 6.13. The molecule has 0 bridgehead atoms. The van der Waals surface area contributed by atoms with Crippen molar-refractivity contribution in [2.75, 3.05) is 13.1 Å². The maximum absolute atomic E-state index is 6.13. The van der Waals surface area contributed by atoms with Gasteiger partial charge < -0.3 is 5.73 Å². The van der Waals surface area contributed by atoms with E-state index >= 15 is 0 Å². The average molecular weight is 295 g/mol. The van der Waals surface area contributed by atoms with Gasteiger partial charge in [0.05, 0.1) is 6.04 Å². The van der Waals surface area contributed by atoms with Crippen molar-refractivity contribution in [3.8, 4) is 0 Å². The van der Waals surface area contributed by atoms with Crippen molar-refractivity contribution >= 4 is 11.3 Å². The molecule has 1 aliphatic heterocycles. The molecule has 0 amide bonds. The number of hydrogen-bond acceptors (Lipinski definition) is 3. The molecule has 1 aliphatic rings. The monoisotopic (exact) mass is 294 g/mol. The zero-order chi connectivity index (χ0) is 14.9. The molecular weight excluding hydrogens is 264 g/mol. The number of piperidine rings is 1. The first-order valence-corrected chi connectivity index (χ1v) is 8.72. The molecule has 2 rings (SSSR count). The normalized spacial score (nSPS) is 26.7. The molecule has 0 aromatic carbocycles. The van der Waals surface area contributed by atoms with E-state index in [-0.39, 0.29) is 5.41 Å². The zero-order valence-corrected chi connectivity index (χ0v) is 14.5. The van der Waals surface area contributed by atoms with Crippen molar-refractivity contribution in [1.29, 1.82) is 0 Å². The molecule has 20 heavy (non-hydrogen) atoms. The van der Waals surface area contributed by atoms with Crippen molar-refractivity contribution in [2.45, 2.75) is 65.0 Å². The predicted octanol–water partition coefficient (Wildman–Crippen LogP) is 4.17. The molecule has 3 heteroatoms. The lowest BCUT2D eigenvalue weighted by molar-refractivity contribution is 0.0724. The number of nitrogens with zero attached hydrogens (tertiary/aromatic N) is 1. The van der Waals surface area contributed by atoms with Crippen LogP contribution in [0.2, 0.25) is 0 Å². The molecule has 0 saturated carbocycles. The van der Waals surface area contributed by atoms with Gasteiger partial charge in [-0.3, -0.25) is 4.90 Å². The van der Waals surface area contributed by atoms with E-state index in [4.69, 9.17) is 5.73 Å². The fraction of sp³-hybridized carbons (Fsp3) is 0.765. The number of nitrogens with two attached hydrogens (primary N) is 1. The Bertz CT molecular complexity index is 432. The first kappa shape index (κ1) is 16.0. The third-order valence-corrected chi connectivity index (χ3v) is 6.35. The highest BCUT2D eigenvalue weighted by atomic mass is 32.1. The molecule has 1 saturated heterocycles. The predicted molar refractivity (Wildman–Crippen MR) is 89.4 cm³/mol. The van der Waals surface area contributed by atoms with Crippen LogP contribution in [0.25, 0.3) is 0 Å². The minimum atomic E-state index is 0.239. The lowest BCUT2D eigenvalue weighted by Crippen LogP contribution is -2.46. The SMILES string of the molecule is CC1CCCN(C(CN)c2ccc(C(C)(C)C)s2)C1C. The van der Waals surface area contributed by atoms with Gasteiger partial charge in [-0.25, -0.2) is 0 Å². The summed E-state index contributed by atoms with van der Waals surface area (Å²) in [7, 11) is 0. The number of rotatable bonds is 3. The molecule has 0 spiro atoms. The van der Waals surface area contributed by atoms with Crippen LogP contribution in [0, 0.1) is 5.92 Å². The van der Waals surface area contributed by atoms with E-state index in [1.54, 1.807) is 0 Å². The smallest absolute Gasteiger partial charge is 0.0566 e. The van der Waals surface area contributed by atoms with E-state index in [1.807, 2.05) is 11.3 Å². The Morgan fingerprint density at radius 1 is 1.35 bits per heavy atom. The number of likely N-dealkylation sites (tertiary alicyclic amines) is 1. The molecule has 3 atom stereocenters. The maximum Gasteiger partial charge on any atom is 0.0566 e. The van der Waals surface area contributed by atoms with Gasteiger partial charge >= 0.3 is 0 Å². The topological polar surface area (TPSA) is 29.3 Å². The third kappa shape index (κ3) is 3.26. The molecule has 2 N–H and O–H groups in total. The van der Waals surface area contributed by atoms with Gasteiger partial charge in [-0.05, 0) is 49.8 Å². The van der Waals surface area contributed by atoms with Gasteiger partial charge in [0.1, 0.15) is 0 Å². The van der Waals surface area contributed by atoms with Gasteiger partial charge in [0.25, 0.3) is 0 Å². The van der Waals surface area contributed by atoms with E-state index in [0.717, 1.165) is 12.5 Å². The summed E-state index contributed by atoms with van der Waals surface area (Å²) < 4.78 is 0. The van der Waals surface area contributed by atoms with Crippen LogP contribution in [-0.2, 0) is 5.41 Å². The zero-order valence-electron chi connectivity index (χ0n) is 13.6. The summed E-state index contributed by atoms with van der Waals surface area (Å²) in [6.45, 7) is 13.5. The first-order valence-electron chi connectivity index (χ1n) is 7.90. The Morgan fingerprint density at radius 3 is 2.60 bits per heavy atom. The van der Waals surface area contributed by atoms with Crippen LogP contribution in [0.1, 0.15) is 63.3 Å². The molecule has 3 unspecified atom stereocenters. The van der Waals surface area contributed by atoms with Crippen LogP contribution in [0.4, 0.5) is 0 Å². The van der Waals surface area contributed by atoms with Gasteiger partial charge in [0, 0.05) is 22.3 Å². The van der Waals surface area contributed by atoms with Crippen molar-refractivity contribution in [3.63, 3.8) is 0 Å². The minimum Gasteiger partial charge on any atom is -0.329 e. The fourth-order valence-electron chi connectivity index (χ4n) is 3.16. The summed E-state index contributed by atoms with van der Waals surface area (Å²) in [5.41, 5.74) is 6.37. The Labute approximate surface area is 128 Å². The molecule has 114 valence electrons. The van der Waals surface area contributed by atoms with Crippen molar-refractivity contribution in [2.24, 2.45) is 11.7 Å². The van der Waals surface area contributed by atoms with Crippen molar-refractivity contribution < 1.29 is 0 Å². The van der Waals surface area contributed by atoms with E-state index in [9.17, 15) is 0 Å². The second-order valence-electron chi connectivity index (χ2n) is 7.30. The summed E-state index contributed by atoms with van der Waals surface area (Å²) >= 11 is 1.95. The Kier molecular flexibility index (Phi) is 4.93. The summed E-state index contributed by atoms with van der Waals surface area (Å²) in [5.74, 6) is 0.778. The molecule has 1 aromatic heterocycles. The molecule has 0 radical (unpaired) electrons. The summed E-state index contributed by atoms with van der Waals surface area (Å²) in [6.07, 6.45) is 2.66. The van der Waals surface area contributed by atoms with Crippen LogP contribution in [0.15, 0.2) is 12.1 Å². The summed E-state index contributed by atoms with van der Waals surface area (Å²) in [6, 6.07) is 5.63. The van der Waals surface area contributed by atoms with E-state index < -0.39 is 0 Å². The second kappa shape index (κ2) is 6.17. The minimum absolute atomic E-state index is 0.239. The molecule has 0 aliphatic carbocycles. The highest BCUT2D eigenvalue weighted by molar-refractivity contribution is 7.12. The standard InChI is InChI=1S/C17H30N2S/c1-12-7-6-10-19(13(12)2)14(11-18)15-8-9-16(20-15)17(3,4)5/h8-9,12-14H,6-7,10-11,18H2,1-5H3. The number of thiophene rings is 1. The van der Waals surface area contributed by atoms with E-state index in [1.165, 1.54) is 29.1 Å². The van der Waals surface area contributed by atoms with E-state index in [0.29, 0.717) is 12.1 Å². The average Bonchev–Trinajstić information content (AvgIpc) is 2.85. The van der Waals surface area contributed by atoms with Crippen LogP contribution < -0.4 is 5.73 Å². The molecule has 2 heterocycles. The Hall–Kier alpha value is -0.380. The third-order valence-electron chi connectivity index (χ3n) is 4.74.